The van der Waals surface area contributed by atoms with Crippen LogP contribution in [0.25, 0.3) is 22.0 Å². The minimum Gasteiger partial charge on any atom is -0.744 e. The van der Waals surface area contributed by atoms with Gasteiger partial charge < -0.3 is 9.54 Å². The van der Waals surface area contributed by atoms with Gasteiger partial charge in [0.2, 0.25) is 5.69 Å². The summed E-state index contributed by atoms with van der Waals surface area (Å²) >= 11 is 0. The summed E-state index contributed by atoms with van der Waals surface area (Å²) in [7, 11) is -4.27. The molecule has 202 valence electrons. The number of alkyl halides is 3. The number of halogens is 3. The lowest BCUT2D eigenvalue weighted by molar-refractivity contribution is -0.342. The highest BCUT2D eigenvalue weighted by atomic mass is 32.2. The van der Waals surface area contributed by atoms with Gasteiger partial charge in [0.1, 0.15) is 10.1 Å². The topological polar surface area (TPSA) is 87.0 Å². The van der Waals surface area contributed by atoms with E-state index in [9.17, 15) is 26.1 Å². The molecule has 0 spiro atoms. The fourth-order valence-electron chi connectivity index (χ4n) is 4.54. The number of hydrogen-bond donors (Lipinski definition) is 2. The van der Waals surface area contributed by atoms with Gasteiger partial charge >= 0.3 is 6.18 Å². The molecule has 5 aromatic rings. The summed E-state index contributed by atoms with van der Waals surface area (Å²) < 4.78 is 70.4. The van der Waals surface area contributed by atoms with Gasteiger partial charge in [0, 0.05) is 34.3 Å². The third kappa shape index (κ3) is 5.61. The zero-order chi connectivity index (χ0) is 28.5. The minimum absolute atomic E-state index is 0.178. The summed E-state index contributed by atoms with van der Waals surface area (Å²) in [6.45, 7) is 1.82. The molecule has 0 bridgehead atoms. The van der Waals surface area contributed by atoms with E-state index in [0.717, 1.165) is 62.1 Å². The van der Waals surface area contributed by atoms with Gasteiger partial charge in [-0.3, -0.25) is 0 Å². The van der Waals surface area contributed by atoms with Crippen molar-refractivity contribution >= 4 is 44.1 Å². The Balaban J connectivity index is 0.000000248. The van der Waals surface area contributed by atoms with Crippen LogP contribution in [0.3, 0.4) is 0 Å². The van der Waals surface area contributed by atoms with Crippen LogP contribution >= 0.6 is 0 Å². The summed E-state index contributed by atoms with van der Waals surface area (Å²) in [5, 5.41) is 1.02. The molecule has 0 unspecified atom stereocenters. The van der Waals surface area contributed by atoms with Gasteiger partial charge in [-0.1, -0.05) is 60.2 Å². The fourth-order valence-corrected chi connectivity index (χ4v) is 5.01. The van der Waals surface area contributed by atoms with E-state index >= 15 is 0 Å². The number of nitrogens with one attached hydrogen (secondary N) is 2. The van der Waals surface area contributed by atoms with E-state index in [2.05, 4.69) is 9.98 Å². The average molecular weight is 561 g/mol. The summed E-state index contributed by atoms with van der Waals surface area (Å²) in [4.78, 5) is 6.37. The third-order valence-electron chi connectivity index (χ3n) is 6.53. The quantitative estimate of drug-likeness (QED) is 0.272. The lowest BCUT2D eigenvalue weighted by Gasteiger charge is -2.12. The van der Waals surface area contributed by atoms with Crippen LogP contribution in [0.5, 0.6) is 0 Å². The Hall–Kier alpha value is -4.47. The fraction of sp³-hybridized carbons (Fsp3) is 0.0645. The number of aromatic amines is 1. The van der Waals surface area contributed by atoms with Gasteiger partial charge in [0.05, 0.1) is 21.6 Å². The van der Waals surface area contributed by atoms with Crippen molar-refractivity contribution in [2.24, 2.45) is 0 Å². The molecular formula is C31H23F3N2O3S. The Morgan fingerprint density at radius 1 is 0.850 bits per heavy atom. The molecule has 0 saturated carbocycles. The maximum atomic E-state index is 13.1. The van der Waals surface area contributed by atoms with Crippen molar-refractivity contribution in [1.29, 1.82) is 0 Å². The Bertz CT molecular complexity index is 1850. The van der Waals surface area contributed by atoms with Crippen molar-refractivity contribution in [3.63, 3.8) is 0 Å². The van der Waals surface area contributed by atoms with Crippen molar-refractivity contribution in [2.45, 2.75) is 18.0 Å². The van der Waals surface area contributed by atoms with Crippen molar-refractivity contribution < 1.29 is 31.1 Å². The predicted molar refractivity (Wildman–Crippen MR) is 148 cm³/mol. The number of fused-ring (bicyclic) bond motifs is 2. The minimum atomic E-state index is -4.36. The molecular weight excluding hydrogens is 537 g/mol. The predicted octanol–water partition coefficient (Wildman–Crippen LogP) is 5.84. The van der Waals surface area contributed by atoms with Crippen LogP contribution in [0.15, 0.2) is 108 Å². The first kappa shape index (κ1) is 27.1. The number of para-hydroxylation sites is 2. The molecule has 1 aromatic heterocycles. The highest BCUT2D eigenvalue weighted by Gasteiger charge is 2.31. The van der Waals surface area contributed by atoms with Gasteiger partial charge in [-0.25, -0.2) is 13.4 Å². The third-order valence-corrected chi connectivity index (χ3v) is 7.38. The highest BCUT2D eigenvalue weighted by molar-refractivity contribution is 7.85. The molecule has 9 heteroatoms. The molecule has 40 heavy (non-hydrogen) atoms. The van der Waals surface area contributed by atoms with E-state index in [1.54, 1.807) is 24.3 Å². The molecule has 0 radical (unpaired) electrons. The molecule has 5 nitrogen and oxygen atoms in total. The van der Waals surface area contributed by atoms with E-state index in [1.807, 2.05) is 67.9 Å². The Morgan fingerprint density at radius 2 is 1.50 bits per heavy atom. The maximum absolute atomic E-state index is 13.1. The Kier molecular flexibility index (Phi) is 7.18. The van der Waals surface area contributed by atoms with E-state index in [0.29, 0.717) is 0 Å². The highest BCUT2D eigenvalue weighted by Crippen LogP contribution is 2.38. The second-order valence-electron chi connectivity index (χ2n) is 9.21. The van der Waals surface area contributed by atoms with Gasteiger partial charge in [0.15, 0.2) is 6.21 Å². The van der Waals surface area contributed by atoms with E-state index < -0.39 is 21.9 Å². The molecule has 0 aliphatic carbocycles. The van der Waals surface area contributed by atoms with E-state index in [4.69, 9.17) is 0 Å². The standard InChI is InChI=1S/C24H15F3N2.C7H8O3S/c25-24(26,27)16-11-9-15(10-12-16)23(19-13-28-21-7-3-1-5-17(19)21)20-14-29-22-8-4-2-6-18(20)22;1-6-2-4-7(5-3-6)11(8,9)10/h1-14,28H;2-5H,1H3,(H,8,9,10). The summed E-state index contributed by atoms with van der Waals surface area (Å²) in [6.07, 6.45) is -0.529. The smallest absolute Gasteiger partial charge is 0.416 e. The SMILES string of the molecule is Cc1ccc(S(=O)(=O)[O-])cc1.FC(F)(F)c1ccc(C(=C2C=[NH+]c3ccccc32)c2c[nH]c3ccccc23)cc1. The number of hydrogen-bond acceptors (Lipinski definition) is 3. The second kappa shape index (κ2) is 10.6. The van der Waals surface area contributed by atoms with Crippen LogP contribution in [-0.2, 0) is 16.3 Å². The van der Waals surface area contributed by atoms with Crippen molar-refractivity contribution in [2.75, 3.05) is 0 Å². The first-order valence-electron chi connectivity index (χ1n) is 12.2. The number of allylic oxidation sites excluding steroid dienone is 1. The molecule has 0 amide bonds. The van der Waals surface area contributed by atoms with Gasteiger partial charge in [-0.2, -0.15) is 13.2 Å². The molecule has 0 atom stereocenters. The second-order valence-corrected chi connectivity index (χ2v) is 10.6. The van der Waals surface area contributed by atoms with Crippen LogP contribution < -0.4 is 4.99 Å². The molecule has 2 N–H and O–H groups in total. The van der Waals surface area contributed by atoms with Crippen LogP contribution in [0.1, 0.15) is 27.8 Å². The van der Waals surface area contributed by atoms with Crippen LogP contribution in [0, 0.1) is 6.92 Å². The molecule has 2 heterocycles. The molecule has 0 saturated heterocycles. The number of benzene rings is 4. The van der Waals surface area contributed by atoms with Gasteiger partial charge in [0.25, 0.3) is 0 Å². The maximum Gasteiger partial charge on any atom is 0.416 e. The lowest BCUT2D eigenvalue weighted by atomic mass is 9.89. The molecule has 6 rings (SSSR count). The average Bonchev–Trinajstić information content (AvgIpc) is 3.54. The zero-order valence-electron chi connectivity index (χ0n) is 21.2. The number of H-pyrrole nitrogens is 1. The lowest BCUT2D eigenvalue weighted by Crippen LogP contribution is -2.58. The van der Waals surface area contributed by atoms with E-state index in [1.165, 1.54) is 12.1 Å². The summed E-state index contributed by atoms with van der Waals surface area (Å²) in [5.74, 6) is 0. The first-order chi connectivity index (χ1) is 19.0. The monoisotopic (exact) mass is 560 g/mol. The van der Waals surface area contributed by atoms with Crippen LogP contribution in [-0.4, -0.2) is 24.2 Å². The normalized spacial score (nSPS) is 14.0. The zero-order valence-corrected chi connectivity index (χ0v) is 22.0. The van der Waals surface area contributed by atoms with Crippen LogP contribution in [0.4, 0.5) is 18.9 Å². The molecule has 1 aliphatic heterocycles. The summed E-state index contributed by atoms with van der Waals surface area (Å²) in [5.41, 5.74) is 6.76. The molecule has 1 aliphatic rings. The van der Waals surface area contributed by atoms with Gasteiger partial charge in [-0.05, 0) is 48.9 Å². The number of aryl methyl sites for hydroxylation is 1. The number of aromatic nitrogens is 1. The largest absolute Gasteiger partial charge is 0.744 e. The first-order valence-corrected chi connectivity index (χ1v) is 13.6. The van der Waals surface area contributed by atoms with Gasteiger partial charge in [-0.15, -0.1) is 0 Å². The van der Waals surface area contributed by atoms with Crippen molar-refractivity contribution in [1.82, 2.24) is 4.98 Å². The van der Waals surface area contributed by atoms with Crippen molar-refractivity contribution in [3.8, 4) is 0 Å². The Labute approximate surface area is 229 Å². The van der Waals surface area contributed by atoms with Crippen LogP contribution in [0.2, 0.25) is 0 Å². The van der Waals surface area contributed by atoms with E-state index in [-0.39, 0.29) is 4.90 Å². The molecule has 0 fully saturated rings. The summed E-state index contributed by atoms with van der Waals surface area (Å²) in [6, 6.07) is 27.0. The Morgan fingerprint density at radius 3 is 2.17 bits per heavy atom. The molecule has 4 aromatic carbocycles. The number of rotatable bonds is 3. The van der Waals surface area contributed by atoms with Crippen molar-refractivity contribution in [3.05, 3.63) is 131 Å².